The van der Waals surface area contributed by atoms with Crippen molar-refractivity contribution in [2.24, 2.45) is 5.92 Å². The van der Waals surface area contributed by atoms with Crippen molar-refractivity contribution in [3.05, 3.63) is 29.3 Å². The van der Waals surface area contributed by atoms with Crippen LogP contribution in [0, 0.1) is 12.8 Å². The first-order chi connectivity index (χ1) is 7.11. The van der Waals surface area contributed by atoms with Gasteiger partial charge in [-0.3, -0.25) is 0 Å². The standard InChI is InChI=1S/C13H19BrO/c1-9-6-5-7-12(15-4)13(9)11(3)10(2)8-14/h5-7,10-11H,8H2,1-4H3. The number of halogens is 1. The number of hydrogen-bond acceptors (Lipinski definition) is 1. The highest BCUT2D eigenvalue weighted by Crippen LogP contribution is 2.34. The number of ether oxygens (including phenoxy) is 1. The number of alkyl halides is 1. The monoisotopic (exact) mass is 270 g/mol. The van der Waals surface area contributed by atoms with Crippen LogP contribution in [-0.4, -0.2) is 12.4 Å². The molecule has 0 radical (unpaired) electrons. The van der Waals surface area contributed by atoms with Gasteiger partial charge in [0.15, 0.2) is 0 Å². The first-order valence-corrected chi connectivity index (χ1v) is 6.43. The van der Waals surface area contributed by atoms with Crippen LogP contribution in [0.5, 0.6) is 5.75 Å². The fourth-order valence-electron chi connectivity index (χ4n) is 1.83. The molecule has 2 atom stereocenters. The molecule has 0 heterocycles. The highest BCUT2D eigenvalue weighted by atomic mass is 79.9. The average molecular weight is 271 g/mol. The molecule has 0 fully saturated rings. The maximum absolute atomic E-state index is 5.43. The summed E-state index contributed by atoms with van der Waals surface area (Å²) in [6.07, 6.45) is 0. The van der Waals surface area contributed by atoms with Crippen LogP contribution in [0.2, 0.25) is 0 Å². The Bertz CT molecular complexity index is 322. The van der Waals surface area contributed by atoms with Gasteiger partial charge in [-0.1, -0.05) is 41.9 Å². The lowest BCUT2D eigenvalue weighted by atomic mass is 9.87. The van der Waals surface area contributed by atoms with E-state index < -0.39 is 0 Å². The summed E-state index contributed by atoms with van der Waals surface area (Å²) in [5, 5.41) is 1.02. The summed E-state index contributed by atoms with van der Waals surface area (Å²) in [6, 6.07) is 6.23. The Labute approximate surface area is 101 Å². The minimum Gasteiger partial charge on any atom is -0.496 e. The molecule has 1 aromatic carbocycles. The topological polar surface area (TPSA) is 9.23 Å². The van der Waals surface area contributed by atoms with E-state index in [4.69, 9.17) is 4.74 Å². The lowest BCUT2D eigenvalue weighted by Gasteiger charge is -2.22. The molecule has 0 saturated carbocycles. The van der Waals surface area contributed by atoms with Crippen LogP contribution in [0.4, 0.5) is 0 Å². The zero-order valence-corrected chi connectivity index (χ0v) is 11.5. The average Bonchev–Trinajstić information content (AvgIpc) is 2.26. The molecule has 0 bridgehead atoms. The Balaban J connectivity index is 3.10. The Morgan fingerprint density at radius 2 is 2.00 bits per heavy atom. The molecule has 0 aliphatic heterocycles. The van der Waals surface area contributed by atoms with Crippen molar-refractivity contribution >= 4 is 15.9 Å². The van der Waals surface area contributed by atoms with Crippen LogP contribution in [-0.2, 0) is 0 Å². The second-order valence-electron chi connectivity index (χ2n) is 4.11. The minimum atomic E-state index is 0.514. The van der Waals surface area contributed by atoms with Crippen LogP contribution < -0.4 is 4.74 Å². The van der Waals surface area contributed by atoms with Gasteiger partial charge < -0.3 is 4.74 Å². The van der Waals surface area contributed by atoms with Crippen LogP contribution in [0.1, 0.15) is 30.9 Å². The van der Waals surface area contributed by atoms with Gasteiger partial charge in [0.2, 0.25) is 0 Å². The number of rotatable bonds is 4. The quantitative estimate of drug-likeness (QED) is 0.748. The van der Waals surface area contributed by atoms with E-state index in [1.165, 1.54) is 11.1 Å². The largest absolute Gasteiger partial charge is 0.496 e. The molecule has 2 heteroatoms. The van der Waals surface area contributed by atoms with Crippen LogP contribution in [0.25, 0.3) is 0 Å². The fraction of sp³-hybridized carbons (Fsp3) is 0.538. The lowest BCUT2D eigenvalue weighted by Crippen LogP contribution is -2.10. The summed E-state index contributed by atoms with van der Waals surface area (Å²) >= 11 is 3.54. The minimum absolute atomic E-state index is 0.514. The molecule has 0 spiro atoms. The summed E-state index contributed by atoms with van der Waals surface area (Å²) in [6.45, 7) is 6.66. The van der Waals surface area contributed by atoms with Gasteiger partial charge in [-0.25, -0.2) is 0 Å². The number of hydrogen-bond donors (Lipinski definition) is 0. The highest BCUT2D eigenvalue weighted by molar-refractivity contribution is 9.09. The van der Waals surface area contributed by atoms with E-state index in [9.17, 15) is 0 Å². The van der Waals surface area contributed by atoms with Crippen molar-refractivity contribution in [2.45, 2.75) is 26.7 Å². The fourth-order valence-corrected chi connectivity index (χ4v) is 2.39. The number of benzene rings is 1. The molecule has 84 valence electrons. The van der Waals surface area contributed by atoms with Crippen molar-refractivity contribution in [3.8, 4) is 5.75 Å². The van der Waals surface area contributed by atoms with Crippen molar-refractivity contribution in [3.63, 3.8) is 0 Å². The zero-order valence-electron chi connectivity index (χ0n) is 9.88. The second kappa shape index (κ2) is 5.55. The number of methoxy groups -OCH3 is 1. The summed E-state index contributed by atoms with van der Waals surface area (Å²) in [5.41, 5.74) is 2.65. The van der Waals surface area contributed by atoms with Crippen molar-refractivity contribution in [1.29, 1.82) is 0 Å². The molecule has 0 amide bonds. The summed E-state index contributed by atoms with van der Waals surface area (Å²) < 4.78 is 5.43. The Kier molecular flexibility index (Phi) is 4.65. The van der Waals surface area contributed by atoms with Gasteiger partial charge in [0.25, 0.3) is 0 Å². The molecular weight excluding hydrogens is 252 g/mol. The molecule has 15 heavy (non-hydrogen) atoms. The predicted molar refractivity (Wildman–Crippen MR) is 69.1 cm³/mol. The smallest absolute Gasteiger partial charge is 0.122 e. The highest BCUT2D eigenvalue weighted by Gasteiger charge is 2.18. The molecule has 0 aliphatic rings. The summed E-state index contributed by atoms with van der Waals surface area (Å²) in [7, 11) is 1.74. The molecular formula is C13H19BrO. The van der Waals surface area contributed by atoms with Crippen LogP contribution >= 0.6 is 15.9 Å². The van der Waals surface area contributed by atoms with Crippen molar-refractivity contribution < 1.29 is 4.74 Å². The third-order valence-electron chi connectivity index (χ3n) is 3.06. The normalized spacial score (nSPS) is 14.7. The molecule has 0 N–H and O–H groups in total. The van der Waals surface area contributed by atoms with E-state index in [0.29, 0.717) is 11.8 Å². The maximum atomic E-state index is 5.43. The molecule has 0 aromatic heterocycles. The Morgan fingerprint density at radius 1 is 1.33 bits per heavy atom. The molecule has 0 saturated heterocycles. The molecule has 1 nitrogen and oxygen atoms in total. The zero-order chi connectivity index (χ0) is 11.4. The predicted octanol–water partition coefficient (Wildman–Crippen LogP) is 4.14. The molecule has 2 unspecified atom stereocenters. The van der Waals surface area contributed by atoms with Crippen molar-refractivity contribution in [1.82, 2.24) is 0 Å². The molecule has 1 aromatic rings. The Morgan fingerprint density at radius 3 is 2.53 bits per heavy atom. The van der Waals surface area contributed by atoms with Gasteiger partial charge in [0.1, 0.15) is 5.75 Å². The molecule has 0 aliphatic carbocycles. The van der Waals surface area contributed by atoms with Crippen LogP contribution in [0.3, 0.4) is 0 Å². The second-order valence-corrected chi connectivity index (χ2v) is 4.76. The Hall–Kier alpha value is -0.500. The van der Waals surface area contributed by atoms with E-state index in [1.807, 2.05) is 12.1 Å². The molecule has 1 rings (SSSR count). The third-order valence-corrected chi connectivity index (χ3v) is 4.08. The van der Waals surface area contributed by atoms with Crippen molar-refractivity contribution in [2.75, 3.05) is 12.4 Å². The first kappa shape index (κ1) is 12.6. The van der Waals surface area contributed by atoms with Gasteiger partial charge in [0, 0.05) is 10.9 Å². The maximum Gasteiger partial charge on any atom is 0.122 e. The SMILES string of the molecule is COc1cccc(C)c1C(C)C(C)CBr. The van der Waals surface area contributed by atoms with Gasteiger partial charge in [-0.05, 0) is 30.4 Å². The third kappa shape index (κ3) is 2.75. The van der Waals surface area contributed by atoms with E-state index in [1.54, 1.807) is 7.11 Å². The lowest BCUT2D eigenvalue weighted by molar-refractivity contribution is 0.399. The van der Waals surface area contributed by atoms with Crippen LogP contribution in [0.15, 0.2) is 18.2 Å². The van der Waals surface area contributed by atoms with Gasteiger partial charge >= 0.3 is 0 Å². The van der Waals surface area contributed by atoms with E-state index in [2.05, 4.69) is 42.8 Å². The van der Waals surface area contributed by atoms with Gasteiger partial charge in [0.05, 0.1) is 7.11 Å². The first-order valence-electron chi connectivity index (χ1n) is 5.31. The van der Waals surface area contributed by atoms with E-state index >= 15 is 0 Å². The summed E-state index contributed by atoms with van der Waals surface area (Å²) in [4.78, 5) is 0. The summed E-state index contributed by atoms with van der Waals surface area (Å²) in [5.74, 6) is 2.14. The van der Waals surface area contributed by atoms with Gasteiger partial charge in [-0.2, -0.15) is 0 Å². The van der Waals surface area contributed by atoms with E-state index in [0.717, 1.165) is 11.1 Å². The van der Waals surface area contributed by atoms with Gasteiger partial charge in [-0.15, -0.1) is 0 Å². The number of aryl methyl sites for hydroxylation is 1. The van der Waals surface area contributed by atoms with E-state index in [-0.39, 0.29) is 0 Å².